The van der Waals surface area contributed by atoms with E-state index in [2.05, 4.69) is 205 Å². The number of rotatable bonds is 22. The molecule has 137 heavy (non-hydrogen) atoms. The van der Waals surface area contributed by atoms with Crippen molar-refractivity contribution in [2.45, 2.75) is 127 Å². The van der Waals surface area contributed by atoms with Crippen LogP contribution in [-0.2, 0) is 43.1 Å². The maximum absolute atomic E-state index is 10.4. The highest BCUT2D eigenvalue weighted by Crippen LogP contribution is 2.49. The van der Waals surface area contributed by atoms with Crippen molar-refractivity contribution >= 4 is 44.1 Å². The number of pyridine rings is 4. The Morgan fingerprint density at radius 2 is 0.650 bits per heavy atom. The molecule has 0 amide bonds. The quantitative estimate of drug-likeness (QED) is 0.0421. The van der Waals surface area contributed by atoms with Gasteiger partial charge in [0.15, 0.2) is 0 Å². The average Bonchev–Trinajstić information content (AvgIpc) is 1.66. The number of nitrogens with one attached hydrogen (secondary N) is 4. The van der Waals surface area contributed by atoms with Gasteiger partial charge in [-0.2, -0.15) is 26.3 Å². The third kappa shape index (κ3) is 21.7. The summed E-state index contributed by atoms with van der Waals surface area (Å²) in [7, 11) is 8.28. The zero-order valence-electron chi connectivity index (χ0n) is 77.7. The summed E-state index contributed by atoms with van der Waals surface area (Å²) in [6, 6.07) is 84.5. The summed E-state index contributed by atoms with van der Waals surface area (Å²) in [6.45, 7) is 10.9. The van der Waals surface area contributed by atoms with Crippen molar-refractivity contribution in [2.75, 3.05) is 81.0 Å². The van der Waals surface area contributed by atoms with Crippen LogP contribution in [0.1, 0.15) is 123 Å². The lowest BCUT2D eigenvalue weighted by atomic mass is 9.95. The highest BCUT2D eigenvalue weighted by molar-refractivity contribution is 6.00. The van der Waals surface area contributed by atoms with Crippen LogP contribution in [0, 0.1) is 56.7 Å². The number of benzene rings is 8. The molecule has 0 unspecified atom stereocenters. The van der Waals surface area contributed by atoms with E-state index in [0.29, 0.717) is 98.1 Å². The third-order valence-electron chi connectivity index (χ3n) is 25.7. The van der Waals surface area contributed by atoms with E-state index in [9.17, 15) is 31.4 Å². The predicted molar refractivity (Wildman–Crippen MR) is 531 cm³/mol. The number of aromatic nitrogens is 8. The largest absolute Gasteiger partial charge is 0.489 e. The van der Waals surface area contributed by atoms with Crippen molar-refractivity contribution in [1.29, 1.82) is 26.3 Å². The first kappa shape index (κ1) is 92.3. The second kappa shape index (κ2) is 41.8. The molecule has 12 heterocycles. The van der Waals surface area contributed by atoms with Gasteiger partial charge >= 0.3 is 0 Å². The fourth-order valence-corrected chi connectivity index (χ4v) is 18.2. The minimum Gasteiger partial charge on any atom is -0.489 e. The van der Waals surface area contributed by atoms with Crippen molar-refractivity contribution in [2.24, 2.45) is 0 Å². The molecule has 21 rings (SSSR count). The molecule has 24 nitrogen and oxygen atoms in total. The molecule has 0 atom stereocenters. The highest BCUT2D eigenvalue weighted by Gasteiger charge is 2.45. The Balaban J connectivity index is 0.000000121. The summed E-state index contributed by atoms with van der Waals surface area (Å²) in [5, 5.41) is 63.0. The van der Waals surface area contributed by atoms with E-state index >= 15 is 0 Å². The van der Waals surface area contributed by atoms with Crippen molar-refractivity contribution in [3.63, 3.8) is 0 Å². The van der Waals surface area contributed by atoms with Crippen LogP contribution in [0.5, 0.6) is 23.0 Å². The first-order valence-corrected chi connectivity index (χ1v) is 46.7. The average molecular weight is 1820 g/mol. The van der Waals surface area contributed by atoms with Crippen LogP contribution in [0.3, 0.4) is 0 Å². The summed E-state index contributed by atoms with van der Waals surface area (Å²) < 4.78 is 46.1. The van der Waals surface area contributed by atoms with E-state index in [1.807, 2.05) is 121 Å². The standard InChI is InChI=1S/C29H24N4O2.2C28H28N4O2.C28H27N3O3/c30-17-21-15-20(3-6-27(21)35-23-8-13-34-14-9-23)24-7-12-32-28-25(24)16-26(33-28)19-1-4-22(5-2-19)29(18-31)10-11-29;1-32(2)18-19-3-5-20(6-4-19)26-16-25-24(9-12-30-28(25)31-26)21-7-8-27(22(15-21)17-29)34-23-10-13-33-14-11-23;1-32(2)18-19-4-3-5-21(14-19)26-16-25-24(8-11-30-28(25)31-26)20-6-7-27(22(15-20)17-29)34-23-9-12-33-13-10-23;1-28(2,32)21-5-3-4-19(15-21)25-16-24-23(8-11-30-27(24)31-25)18-6-7-26(20(14-18)17-29)34-22-9-12-33-13-10-22/h1-7,12,15-16,23H,8-11,13-14H2,(H,32,33);3-9,12,15-16,23H,10-11,13-14,18H2,1-2H3,(H,30,31);3-8,11,14-16,23H,9-10,12-13,18H2,1-2H3,(H,30,31);3-8,11,14-16,22,32H,9-10,12-13H2,1-2H3,(H,30,31). The summed E-state index contributed by atoms with van der Waals surface area (Å²) in [5.74, 6) is 2.50. The molecule has 4 saturated heterocycles. The predicted octanol–water partition coefficient (Wildman–Crippen LogP) is 22.2. The van der Waals surface area contributed by atoms with Gasteiger partial charge in [0.05, 0.1) is 92.2 Å². The maximum atomic E-state index is 10.4. The molecule has 688 valence electrons. The number of aromatic amines is 4. The normalized spacial score (nSPS) is 15.2. The van der Waals surface area contributed by atoms with Crippen LogP contribution < -0.4 is 18.9 Å². The molecule has 0 radical (unpaired) electrons. The molecule has 5 fully saturated rings. The lowest BCUT2D eigenvalue weighted by Gasteiger charge is -2.23. The summed E-state index contributed by atoms with van der Waals surface area (Å²) in [5.41, 5.74) is 24.6. The van der Waals surface area contributed by atoms with Gasteiger partial charge in [-0.05, 0) is 253 Å². The van der Waals surface area contributed by atoms with Gasteiger partial charge in [0.25, 0.3) is 0 Å². The van der Waals surface area contributed by atoms with Gasteiger partial charge in [-0.15, -0.1) is 0 Å². The molecular weight excluding hydrogens is 1710 g/mol. The number of nitriles is 5. The fourth-order valence-electron chi connectivity index (χ4n) is 18.2. The number of ether oxygens (including phenoxy) is 8. The van der Waals surface area contributed by atoms with E-state index in [4.69, 9.17) is 37.9 Å². The van der Waals surface area contributed by atoms with Gasteiger partial charge in [0.1, 0.15) is 94.3 Å². The number of nitrogens with zero attached hydrogens (tertiary/aromatic N) is 11. The first-order valence-electron chi connectivity index (χ1n) is 46.7. The Labute approximate surface area is 796 Å². The van der Waals surface area contributed by atoms with Crippen molar-refractivity contribution in [1.82, 2.24) is 49.7 Å². The van der Waals surface area contributed by atoms with Crippen LogP contribution in [-0.4, -0.2) is 160 Å². The second-order valence-corrected chi connectivity index (χ2v) is 36.5. The van der Waals surface area contributed by atoms with Crippen molar-refractivity contribution in [3.8, 4) is 143 Å². The molecule has 5 aliphatic rings. The Kier molecular flexibility index (Phi) is 28.2. The molecule has 5 N–H and O–H groups in total. The molecule has 8 aromatic heterocycles. The molecule has 4 aliphatic heterocycles. The molecule has 24 heteroatoms. The molecule has 16 aromatic rings. The van der Waals surface area contributed by atoms with Crippen LogP contribution >= 0.6 is 0 Å². The summed E-state index contributed by atoms with van der Waals surface area (Å²) in [4.78, 5) is 36.2. The van der Waals surface area contributed by atoms with Gasteiger partial charge < -0.3 is 72.7 Å². The maximum Gasteiger partial charge on any atom is 0.138 e. The number of hydrogen-bond donors (Lipinski definition) is 5. The Morgan fingerprint density at radius 1 is 0.350 bits per heavy atom. The van der Waals surface area contributed by atoms with Crippen LogP contribution in [0.25, 0.3) is 134 Å². The van der Waals surface area contributed by atoms with E-state index in [-0.39, 0.29) is 29.8 Å². The number of hydrogen-bond acceptors (Lipinski definition) is 20. The van der Waals surface area contributed by atoms with Crippen LogP contribution in [0.15, 0.2) is 243 Å². The number of aliphatic hydroxyl groups is 1. The second-order valence-electron chi connectivity index (χ2n) is 36.5. The van der Waals surface area contributed by atoms with Gasteiger partial charge in [-0.1, -0.05) is 109 Å². The molecule has 0 bridgehead atoms. The third-order valence-corrected chi connectivity index (χ3v) is 25.7. The highest BCUT2D eigenvalue weighted by atomic mass is 16.5. The number of H-pyrrole nitrogens is 4. The van der Waals surface area contributed by atoms with Crippen molar-refractivity contribution in [3.05, 3.63) is 288 Å². The Hall–Kier alpha value is -15.1. The minimum atomic E-state index is -0.923. The fraction of sp³-hybridized carbons (Fsp3) is 0.283. The topological polar surface area (TPSA) is 334 Å². The molecule has 0 spiro atoms. The number of fused-ring (bicyclic) bond motifs is 4. The van der Waals surface area contributed by atoms with Gasteiger partial charge in [0, 0.05) is 134 Å². The lowest BCUT2D eigenvalue weighted by Crippen LogP contribution is -2.26. The Morgan fingerprint density at radius 3 is 0.956 bits per heavy atom. The molecular formula is C113H107N15O9. The summed E-state index contributed by atoms with van der Waals surface area (Å²) >= 11 is 0. The van der Waals surface area contributed by atoms with Gasteiger partial charge in [0.2, 0.25) is 0 Å². The Bertz CT molecular complexity index is 7250. The van der Waals surface area contributed by atoms with Crippen molar-refractivity contribution < 1.29 is 43.0 Å². The van der Waals surface area contributed by atoms with Gasteiger partial charge in [-0.25, -0.2) is 19.9 Å². The van der Waals surface area contributed by atoms with Crippen LogP contribution in [0.4, 0.5) is 0 Å². The van der Waals surface area contributed by atoms with E-state index in [1.54, 1.807) is 38.6 Å². The van der Waals surface area contributed by atoms with E-state index < -0.39 is 5.60 Å². The summed E-state index contributed by atoms with van der Waals surface area (Å²) in [6.07, 6.45) is 16.1. The van der Waals surface area contributed by atoms with Gasteiger partial charge in [-0.3, -0.25) is 0 Å². The van der Waals surface area contributed by atoms with E-state index in [0.717, 1.165) is 222 Å². The van der Waals surface area contributed by atoms with Crippen LogP contribution in [0.2, 0.25) is 0 Å². The molecule has 8 aromatic carbocycles. The zero-order valence-corrected chi connectivity index (χ0v) is 77.7. The monoisotopic (exact) mass is 1820 g/mol. The lowest BCUT2D eigenvalue weighted by molar-refractivity contribution is 0.0252. The molecule has 1 aliphatic carbocycles. The smallest absolute Gasteiger partial charge is 0.138 e. The SMILES string of the molecule is CC(C)(O)c1cccc(-c2cc3c(-c4ccc(OC5CCOCC5)c(C#N)c4)ccnc3[nH]2)c1.CN(C)Cc1ccc(-c2cc3c(-c4ccc(OC5CCOCC5)c(C#N)c4)ccnc3[nH]2)cc1.CN(C)Cc1cccc(-c2cc3c(-c4ccc(OC5CCOCC5)c(C#N)c4)ccnc3[nH]2)c1.N#Cc1cc(-c2ccnc3[nH]c(-c4ccc(C5(C#N)CC5)cc4)cc23)ccc1OC1CCOCC1. The molecule has 1 saturated carbocycles. The van der Waals surface area contributed by atoms with E-state index in [1.165, 1.54) is 11.1 Å². The first-order chi connectivity index (χ1) is 66.8. The minimum absolute atomic E-state index is 0.0752. The zero-order chi connectivity index (χ0) is 94.5.